The molecule has 1 aromatic carbocycles. The highest BCUT2D eigenvalue weighted by atomic mass is 35.5. The van der Waals surface area contributed by atoms with Gasteiger partial charge in [-0.1, -0.05) is 11.6 Å². The quantitative estimate of drug-likeness (QED) is 0.693. The number of hydrogen-bond donors (Lipinski definition) is 1. The minimum absolute atomic E-state index is 0.225. The molecule has 4 heterocycles. The molecule has 30 heavy (non-hydrogen) atoms. The third kappa shape index (κ3) is 3.80. The summed E-state index contributed by atoms with van der Waals surface area (Å²) in [4.78, 5) is 19.3. The van der Waals surface area contributed by atoms with Gasteiger partial charge >= 0.3 is 0 Å². The Hall–Kier alpha value is -2.48. The van der Waals surface area contributed by atoms with Crippen molar-refractivity contribution < 1.29 is 9.53 Å². The van der Waals surface area contributed by atoms with Crippen molar-refractivity contribution in [3.05, 3.63) is 52.9 Å². The summed E-state index contributed by atoms with van der Waals surface area (Å²) in [5.74, 6) is 0.738. The number of benzene rings is 1. The molecule has 0 spiro atoms. The zero-order chi connectivity index (χ0) is 20.7. The number of anilines is 1. The second-order valence-corrected chi connectivity index (χ2v) is 8.56. The molecule has 2 aliphatic rings. The van der Waals surface area contributed by atoms with Crippen molar-refractivity contribution in [2.75, 3.05) is 31.6 Å². The maximum Gasteiger partial charge on any atom is 0.260 e. The topological polar surface area (TPSA) is 72.3 Å². The lowest BCUT2D eigenvalue weighted by molar-refractivity contribution is -0.0712. The van der Waals surface area contributed by atoms with Gasteiger partial charge in [-0.25, -0.2) is 4.98 Å². The van der Waals surface area contributed by atoms with Crippen LogP contribution in [0.25, 0.3) is 10.8 Å². The Bertz CT molecular complexity index is 1090. The summed E-state index contributed by atoms with van der Waals surface area (Å²) in [7, 11) is 1.78. The average Bonchev–Trinajstić information content (AvgIpc) is 3.14. The van der Waals surface area contributed by atoms with Crippen LogP contribution in [-0.2, 0) is 11.8 Å². The van der Waals surface area contributed by atoms with Crippen LogP contribution in [-0.4, -0.2) is 57.9 Å². The molecular formula is C22H24ClN5O2. The van der Waals surface area contributed by atoms with Crippen LogP contribution in [0.1, 0.15) is 34.7 Å². The zero-order valence-corrected chi connectivity index (χ0v) is 17.6. The van der Waals surface area contributed by atoms with E-state index in [-0.39, 0.29) is 5.91 Å². The first-order valence-corrected chi connectivity index (χ1v) is 10.7. The van der Waals surface area contributed by atoms with E-state index in [1.807, 2.05) is 12.1 Å². The third-order valence-electron chi connectivity index (χ3n) is 6.15. The number of halogens is 1. The molecule has 1 amide bonds. The smallest absolute Gasteiger partial charge is 0.260 e. The monoisotopic (exact) mass is 425 g/mol. The van der Waals surface area contributed by atoms with E-state index in [0.717, 1.165) is 54.9 Å². The van der Waals surface area contributed by atoms with Gasteiger partial charge in [0.05, 0.1) is 31.0 Å². The molecule has 2 aliphatic heterocycles. The van der Waals surface area contributed by atoms with Gasteiger partial charge in [0, 0.05) is 29.9 Å². The van der Waals surface area contributed by atoms with Crippen LogP contribution in [0.15, 0.2) is 36.8 Å². The predicted molar refractivity (Wildman–Crippen MR) is 116 cm³/mol. The first-order chi connectivity index (χ1) is 14.6. The number of likely N-dealkylation sites (tertiary alicyclic amines) is 1. The number of amides is 1. The van der Waals surface area contributed by atoms with Crippen LogP contribution in [0.2, 0.25) is 5.02 Å². The molecule has 156 valence electrons. The van der Waals surface area contributed by atoms with E-state index in [0.29, 0.717) is 23.3 Å². The molecule has 2 aromatic heterocycles. The number of nitrogens with zero attached hydrogens (tertiary/aromatic N) is 4. The van der Waals surface area contributed by atoms with Crippen LogP contribution in [0.5, 0.6) is 0 Å². The standard InChI is InChI=1S/C22H24ClN5O2/c1-27-11-17(10-25-27)22(29)26-21-8-15-6-19(20(23)7-16(15)9-24-21)14-2-4-28(5-3-14)18-12-30-13-18/h6-11,14,18H,2-5,12-13H2,1H3,(H,24,26,29). The molecule has 0 atom stereocenters. The normalized spacial score (nSPS) is 18.5. The number of fused-ring (bicyclic) bond motifs is 1. The Kier molecular flexibility index (Phi) is 5.18. The second-order valence-electron chi connectivity index (χ2n) is 8.15. The van der Waals surface area contributed by atoms with Crippen LogP contribution >= 0.6 is 11.6 Å². The van der Waals surface area contributed by atoms with Crippen molar-refractivity contribution in [3.8, 4) is 0 Å². The molecule has 3 aromatic rings. The van der Waals surface area contributed by atoms with Crippen molar-refractivity contribution in [1.29, 1.82) is 0 Å². The Morgan fingerprint density at radius 1 is 1.17 bits per heavy atom. The molecule has 5 rings (SSSR count). The fraction of sp³-hybridized carbons (Fsp3) is 0.409. The van der Waals surface area contributed by atoms with Crippen molar-refractivity contribution in [2.24, 2.45) is 7.05 Å². The van der Waals surface area contributed by atoms with Crippen LogP contribution in [0, 0.1) is 0 Å². The first kappa shape index (κ1) is 19.5. The number of carbonyl (C=O) groups is 1. The lowest BCUT2D eigenvalue weighted by Crippen LogP contribution is -2.51. The Labute approximate surface area is 180 Å². The van der Waals surface area contributed by atoms with Crippen LogP contribution in [0.4, 0.5) is 5.82 Å². The molecule has 0 radical (unpaired) electrons. The zero-order valence-electron chi connectivity index (χ0n) is 16.8. The van der Waals surface area contributed by atoms with Gasteiger partial charge < -0.3 is 10.1 Å². The summed E-state index contributed by atoms with van der Waals surface area (Å²) >= 11 is 6.64. The van der Waals surface area contributed by atoms with Gasteiger partial charge in [-0.05, 0) is 61.0 Å². The Balaban J connectivity index is 1.35. The van der Waals surface area contributed by atoms with Gasteiger partial charge in [0.2, 0.25) is 0 Å². The second kappa shape index (κ2) is 7.98. The number of nitrogens with one attached hydrogen (secondary N) is 1. The van der Waals surface area contributed by atoms with Crippen molar-refractivity contribution >= 4 is 34.1 Å². The maximum absolute atomic E-state index is 12.4. The number of rotatable bonds is 4. The van der Waals surface area contributed by atoms with E-state index < -0.39 is 0 Å². The summed E-state index contributed by atoms with van der Waals surface area (Å²) in [5, 5.41) is 9.68. The molecular weight excluding hydrogens is 402 g/mol. The minimum atomic E-state index is -0.225. The highest BCUT2D eigenvalue weighted by Crippen LogP contribution is 2.36. The van der Waals surface area contributed by atoms with Gasteiger partial charge in [-0.2, -0.15) is 5.10 Å². The molecule has 1 N–H and O–H groups in total. The van der Waals surface area contributed by atoms with E-state index >= 15 is 0 Å². The van der Waals surface area contributed by atoms with Crippen molar-refractivity contribution in [3.63, 3.8) is 0 Å². The number of aryl methyl sites for hydroxylation is 1. The molecule has 7 nitrogen and oxygen atoms in total. The summed E-state index contributed by atoms with van der Waals surface area (Å²) in [5.41, 5.74) is 1.68. The number of pyridine rings is 1. The van der Waals surface area contributed by atoms with Gasteiger partial charge in [0.15, 0.2) is 0 Å². The summed E-state index contributed by atoms with van der Waals surface area (Å²) in [6, 6.07) is 6.64. The number of piperidine rings is 1. The molecule has 0 unspecified atom stereocenters. The van der Waals surface area contributed by atoms with Crippen molar-refractivity contribution in [1.82, 2.24) is 19.7 Å². The molecule has 0 aliphatic carbocycles. The number of aromatic nitrogens is 3. The van der Waals surface area contributed by atoms with E-state index in [4.69, 9.17) is 16.3 Å². The average molecular weight is 426 g/mol. The summed E-state index contributed by atoms with van der Waals surface area (Å²) in [6.45, 7) is 3.88. The van der Waals surface area contributed by atoms with E-state index in [1.165, 1.54) is 11.8 Å². The lowest BCUT2D eigenvalue weighted by atomic mass is 9.87. The molecule has 8 heteroatoms. The third-order valence-corrected chi connectivity index (χ3v) is 6.48. The number of hydrogen-bond acceptors (Lipinski definition) is 5. The largest absolute Gasteiger partial charge is 0.378 e. The van der Waals surface area contributed by atoms with Gasteiger partial charge in [-0.3, -0.25) is 14.4 Å². The van der Waals surface area contributed by atoms with Gasteiger partial charge in [-0.15, -0.1) is 0 Å². The summed E-state index contributed by atoms with van der Waals surface area (Å²) < 4.78 is 6.93. The van der Waals surface area contributed by atoms with Gasteiger partial charge in [0.1, 0.15) is 5.82 Å². The first-order valence-electron chi connectivity index (χ1n) is 10.3. The highest BCUT2D eigenvalue weighted by Gasteiger charge is 2.30. The molecule has 0 bridgehead atoms. The van der Waals surface area contributed by atoms with E-state index in [9.17, 15) is 4.79 Å². The van der Waals surface area contributed by atoms with E-state index in [2.05, 4.69) is 26.4 Å². The fourth-order valence-corrected chi connectivity index (χ4v) is 4.63. The SMILES string of the molecule is Cn1cc(C(=O)Nc2cc3cc(C4CCN(C5COC5)CC4)c(Cl)cc3cn2)cn1. The maximum atomic E-state index is 12.4. The van der Waals surface area contributed by atoms with Crippen molar-refractivity contribution in [2.45, 2.75) is 24.8 Å². The highest BCUT2D eigenvalue weighted by molar-refractivity contribution is 6.32. The fourth-order valence-electron chi connectivity index (χ4n) is 4.30. The van der Waals surface area contributed by atoms with E-state index in [1.54, 1.807) is 24.1 Å². The summed E-state index contributed by atoms with van der Waals surface area (Å²) in [6.07, 6.45) is 7.16. The van der Waals surface area contributed by atoms with Gasteiger partial charge in [0.25, 0.3) is 5.91 Å². The lowest BCUT2D eigenvalue weighted by Gasteiger charge is -2.41. The molecule has 2 fully saturated rings. The Morgan fingerprint density at radius 3 is 2.63 bits per heavy atom. The Morgan fingerprint density at radius 2 is 1.97 bits per heavy atom. The number of carbonyl (C=O) groups excluding carboxylic acids is 1. The number of ether oxygens (including phenoxy) is 1. The minimum Gasteiger partial charge on any atom is -0.378 e. The van der Waals surface area contributed by atoms with Crippen LogP contribution in [0.3, 0.4) is 0 Å². The van der Waals surface area contributed by atoms with Crippen LogP contribution < -0.4 is 5.32 Å². The molecule has 2 saturated heterocycles. The predicted octanol–water partition coefficient (Wildman–Crippen LogP) is 3.45. The molecule has 0 saturated carbocycles.